The van der Waals surface area contributed by atoms with Crippen LogP contribution in [-0.4, -0.2) is 49.9 Å². The third-order valence-corrected chi connectivity index (χ3v) is 3.55. The quantitative estimate of drug-likeness (QED) is 0.872. The van der Waals surface area contributed by atoms with Gasteiger partial charge in [-0.25, -0.2) is 0 Å². The van der Waals surface area contributed by atoms with Crippen LogP contribution in [0.3, 0.4) is 0 Å². The summed E-state index contributed by atoms with van der Waals surface area (Å²) in [4.78, 5) is 2.39. The Hall–Kier alpha value is -1.10. The van der Waals surface area contributed by atoms with Crippen molar-refractivity contribution in [2.45, 2.75) is 32.9 Å². The summed E-state index contributed by atoms with van der Waals surface area (Å²) >= 11 is 0. The van der Waals surface area contributed by atoms with Gasteiger partial charge < -0.3 is 14.8 Å². The Bertz CT molecular complexity index is 423. The second kappa shape index (κ2) is 7.78. The minimum absolute atomic E-state index is 0.112. The number of hydrogen-bond acceptors (Lipinski definition) is 4. The van der Waals surface area contributed by atoms with Gasteiger partial charge in [0.1, 0.15) is 12.4 Å². The van der Waals surface area contributed by atoms with Crippen LogP contribution in [0.15, 0.2) is 24.3 Å². The van der Waals surface area contributed by atoms with Gasteiger partial charge in [0, 0.05) is 37.3 Å². The van der Waals surface area contributed by atoms with E-state index in [1.807, 2.05) is 6.07 Å². The van der Waals surface area contributed by atoms with E-state index in [4.69, 9.17) is 9.47 Å². The molecule has 1 fully saturated rings. The van der Waals surface area contributed by atoms with Crippen molar-refractivity contribution >= 4 is 0 Å². The van der Waals surface area contributed by atoms with E-state index in [1.54, 1.807) is 0 Å². The van der Waals surface area contributed by atoms with Crippen molar-refractivity contribution in [1.82, 2.24) is 10.2 Å². The molecule has 0 bridgehead atoms. The molecule has 1 heterocycles. The zero-order chi connectivity index (χ0) is 15.1. The molecular formula is C17H28N2O2. The standard InChI is InChI=1S/C17H28N2O2/c1-17(2,3)18-14-15-6-4-5-7-16(15)21-13-10-19-8-11-20-12-9-19/h4-7,18H,8-14H2,1-3H3. The van der Waals surface area contributed by atoms with Crippen molar-refractivity contribution in [2.75, 3.05) is 39.5 Å². The number of nitrogens with one attached hydrogen (secondary N) is 1. The fourth-order valence-corrected chi connectivity index (χ4v) is 2.26. The van der Waals surface area contributed by atoms with Crippen LogP contribution in [-0.2, 0) is 11.3 Å². The van der Waals surface area contributed by atoms with E-state index in [0.717, 1.165) is 51.7 Å². The first kappa shape index (κ1) is 16.3. The topological polar surface area (TPSA) is 33.7 Å². The van der Waals surface area contributed by atoms with E-state index < -0.39 is 0 Å². The smallest absolute Gasteiger partial charge is 0.123 e. The molecule has 21 heavy (non-hydrogen) atoms. The summed E-state index contributed by atoms with van der Waals surface area (Å²) in [5.74, 6) is 0.988. The molecule has 4 heteroatoms. The maximum Gasteiger partial charge on any atom is 0.123 e. The Balaban J connectivity index is 1.81. The van der Waals surface area contributed by atoms with E-state index in [9.17, 15) is 0 Å². The van der Waals surface area contributed by atoms with Crippen LogP contribution in [0, 0.1) is 0 Å². The average Bonchev–Trinajstić information content (AvgIpc) is 2.46. The maximum absolute atomic E-state index is 5.98. The molecule has 118 valence electrons. The molecule has 4 nitrogen and oxygen atoms in total. The van der Waals surface area contributed by atoms with Gasteiger partial charge in [-0.3, -0.25) is 4.90 Å². The molecular weight excluding hydrogens is 264 g/mol. The first-order valence-corrected chi connectivity index (χ1v) is 7.80. The molecule has 0 aliphatic carbocycles. The first-order valence-electron chi connectivity index (χ1n) is 7.80. The summed E-state index contributed by atoms with van der Waals surface area (Å²) in [5.41, 5.74) is 1.33. The molecule has 1 N–H and O–H groups in total. The second-order valence-corrected chi connectivity index (χ2v) is 6.51. The van der Waals surface area contributed by atoms with Gasteiger partial charge in [0.15, 0.2) is 0 Å². The Kier molecular flexibility index (Phi) is 6.03. The Morgan fingerprint density at radius 3 is 2.62 bits per heavy atom. The first-order chi connectivity index (χ1) is 10.0. The van der Waals surface area contributed by atoms with E-state index in [-0.39, 0.29) is 5.54 Å². The van der Waals surface area contributed by atoms with Gasteiger partial charge >= 0.3 is 0 Å². The van der Waals surface area contributed by atoms with Gasteiger partial charge in [-0.1, -0.05) is 18.2 Å². The molecule has 0 amide bonds. The predicted molar refractivity (Wildman–Crippen MR) is 85.8 cm³/mol. The highest BCUT2D eigenvalue weighted by atomic mass is 16.5. The summed E-state index contributed by atoms with van der Waals surface area (Å²) in [6.07, 6.45) is 0. The Morgan fingerprint density at radius 2 is 1.90 bits per heavy atom. The molecule has 1 aliphatic rings. The van der Waals surface area contributed by atoms with Crippen molar-refractivity contribution in [1.29, 1.82) is 0 Å². The van der Waals surface area contributed by atoms with Gasteiger partial charge in [0.25, 0.3) is 0 Å². The molecule has 2 rings (SSSR count). The largest absolute Gasteiger partial charge is 0.492 e. The van der Waals surface area contributed by atoms with Crippen LogP contribution in [0.5, 0.6) is 5.75 Å². The summed E-state index contributed by atoms with van der Waals surface area (Å²) in [5, 5.41) is 3.51. The summed E-state index contributed by atoms with van der Waals surface area (Å²) in [6, 6.07) is 8.28. The van der Waals surface area contributed by atoms with Crippen LogP contribution in [0.4, 0.5) is 0 Å². The minimum Gasteiger partial charge on any atom is -0.492 e. The molecule has 0 saturated carbocycles. The van der Waals surface area contributed by atoms with Gasteiger partial charge in [-0.05, 0) is 26.8 Å². The molecule has 1 aromatic rings. The molecule has 0 radical (unpaired) electrons. The zero-order valence-corrected chi connectivity index (χ0v) is 13.5. The fourth-order valence-electron chi connectivity index (χ4n) is 2.26. The van der Waals surface area contributed by atoms with E-state index in [1.165, 1.54) is 5.56 Å². The van der Waals surface area contributed by atoms with Crippen molar-refractivity contribution in [3.63, 3.8) is 0 Å². The normalized spacial score (nSPS) is 16.9. The van der Waals surface area contributed by atoms with Gasteiger partial charge in [-0.2, -0.15) is 0 Å². The zero-order valence-electron chi connectivity index (χ0n) is 13.5. The average molecular weight is 292 g/mol. The van der Waals surface area contributed by atoms with Crippen molar-refractivity contribution in [3.05, 3.63) is 29.8 Å². The third kappa shape index (κ3) is 6.04. The second-order valence-electron chi connectivity index (χ2n) is 6.51. The highest BCUT2D eigenvalue weighted by Gasteiger charge is 2.12. The highest BCUT2D eigenvalue weighted by molar-refractivity contribution is 5.33. The van der Waals surface area contributed by atoms with Crippen molar-refractivity contribution in [2.24, 2.45) is 0 Å². The fraction of sp³-hybridized carbons (Fsp3) is 0.647. The van der Waals surface area contributed by atoms with Gasteiger partial charge in [-0.15, -0.1) is 0 Å². The van der Waals surface area contributed by atoms with Crippen LogP contribution in [0.25, 0.3) is 0 Å². The number of nitrogens with zero attached hydrogens (tertiary/aromatic N) is 1. The summed E-state index contributed by atoms with van der Waals surface area (Å²) in [6.45, 7) is 12.7. The molecule has 0 aromatic heterocycles. The van der Waals surface area contributed by atoms with E-state index >= 15 is 0 Å². The van der Waals surface area contributed by atoms with Gasteiger partial charge in [0.2, 0.25) is 0 Å². The molecule has 0 spiro atoms. The van der Waals surface area contributed by atoms with Crippen LogP contribution in [0.1, 0.15) is 26.3 Å². The summed E-state index contributed by atoms with van der Waals surface area (Å²) in [7, 11) is 0. The van der Waals surface area contributed by atoms with E-state index in [0.29, 0.717) is 0 Å². The lowest BCUT2D eigenvalue weighted by Gasteiger charge is -2.26. The van der Waals surface area contributed by atoms with E-state index in [2.05, 4.69) is 49.2 Å². The van der Waals surface area contributed by atoms with Gasteiger partial charge in [0.05, 0.1) is 13.2 Å². The third-order valence-electron chi connectivity index (χ3n) is 3.55. The number of rotatable bonds is 6. The lowest BCUT2D eigenvalue weighted by Crippen LogP contribution is -2.38. The predicted octanol–water partition coefficient (Wildman–Crippen LogP) is 2.29. The number of benzene rings is 1. The molecule has 1 aliphatic heterocycles. The van der Waals surface area contributed by atoms with Crippen molar-refractivity contribution < 1.29 is 9.47 Å². The SMILES string of the molecule is CC(C)(C)NCc1ccccc1OCCN1CCOCC1. The molecule has 1 saturated heterocycles. The molecule has 0 unspecified atom stereocenters. The highest BCUT2D eigenvalue weighted by Crippen LogP contribution is 2.18. The summed E-state index contributed by atoms with van der Waals surface area (Å²) < 4.78 is 11.3. The van der Waals surface area contributed by atoms with Crippen LogP contribution in [0.2, 0.25) is 0 Å². The number of ether oxygens (including phenoxy) is 2. The molecule has 1 aromatic carbocycles. The Morgan fingerprint density at radius 1 is 1.19 bits per heavy atom. The van der Waals surface area contributed by atoms with Crippen LogP contribution < -0.4 is 10.1 Å². The van der Waals surface area contributed by atoms with Crippen molar-refractivity contribution in [3.8, 4) is 5.75 Å². The monoisotopic (exact) mass is 292 g/mol. The number of para-hydroxylation sites is 1. The molecule has 0 atom stereocenters. The maximum atomic E-state index is 5.98. The lowest BCUT2D eigenvalue weighted by molar-refractivity contribution is 0.0322. The number of hydrogen-bond donors (Lipinski definition) is 1. The minimum atomic E-state index is 0.112. The number of morpholine rings is 1. The Labute approximate surface area is 128 Å². The lowest BCUT2D eigenvalue weighted by atomic mass is 10.1. The van der Waals surface area contributed by atoms with Crippen LogP contribution >= 0.6 is 0 Å².